The van der Waals surface area contributed by atoms with E-state index in [-0.39, 0.29) is 11.5 Å². The molecule has 23 heavy (non-hydrogen) atoms. The van der Waals surface area contributed by atoms with Gasteiger partial charge in [0.25, 0.3) is 0 Å². The van der Waals surface area contributed by atoms with Gasteiger partial charge in [0.1, 0.15) is 6.61 Å². The summed E-state index contributed by atoms with van der Waals surface area (Å²) in [4.78, 5) is 11.9. The summed E-state index contributed by atoms with van der Waals surface area (Å²) in [6, 6.07) is 5.79. The molecule has 0 aliphatic rings. The quantitative estimate of drug-likeness (QED) is 0.395. The molecule has 0 atom stereocenters. The third-order valence-electron chi connectivity index (χ3n) is 3.15. The van der Waals surface area contributed by atoms with Crippen molar-refractivity contribution < 1.29 is 17.9 Å². The van der Waals surface area contributed by atoms with Crippen molar-refractivity contribution in [2.24, 2.45) is 0 Å². The van der Waals surface area contributed by atoms with Crippen LogP contribution in [0.4, 0.5) is 0 Å². The van der Waals surface area contributed by atoms with E-state index in [9.17, 15) is 13.2 Å². The largest absolute Gasteiger partial charge is 0.461 e. The van der Waals surface area contributed by atoms with Crippen molar-refractivity contribution >= 4 is 16.0 Å². The first-order valence-electron chi connectivity index (χ1n) is 7.68. The van der Waals surface area contributed by atoms with E-state index in [1.165, 1.54) is 28.6 Å². The van der Waals surface area contributed by atoms with E-state index in [2.05, 4.69) is 5.92 Å². The molecule has 1 aromatic rings. The molecule has 0 unspecified atom stereocenters. The van der Waals surface area contributed by atoms with Crippen molar-refractivity contribution in [1.29, 1.82) is 0 Å². The van der Waals surface area contributed by atoms with Gasteiger partial charge in [-0.25, -0.2) is 13.2 Å². The van der Waals surface area contributed by atoms with Crippen molar-refractivity contribution in [3.05, 3.63) is 29.8 Å². The fourth-order valence-corrected chi connectivity index (χ4v) is 3.67. The van der Waals surface area contributed by atoms with Crippen molar-refractivity contribution in [3.8, 4) is 12.3 Å². The Balaban J connectivity index is 2.89. The van der Waals surface area contributed by atoms with Crippen molar-refractivity contribution in [1.82, 2.24) is 4.31 Å². The average Bonchev–Trinajstić information content (AvgIpc) is 2.55. The Morgan fingerprint density at radius 1 is 1.17 bits per heavy atom. The van der Waals surface area contributed by atoms with Crippen LogP contribution in [0.2, 0.25) is 0 Å². The SMILES string of the molecule is C#CCCOC(=O)c1ccc(S(=O)(=O)N(CCC)CCC)cc1. The van der Waals surface area contributed by atoms with Gasteiger partial charge >= 0.3 is 5.97 Å². The van der Waals surface area contributed by atoms with Gasteiger partial charge in [0.05, 0.1) is 10.5 Å². The minimum absolute atomic E-state index is 0.149. The van der Waals surface area contributed by atoms with Crippen LogP contribution in [0.25, 0.3) is 0 Å². The maximum atomic E-state index is 12.6. The lowest BCUT2D eigenvalue weighted by molar-refractivity contribution is 0.0513. The lowest BCUT2D eigenvalue weighted by Gasteiger charge is -2.21. The number of terminal acetylenes is 1. The fraction of sp³-hybridized carbons (Fsp3) is 0.471. The minimum Gasteiger partial charge on any atom is -0.461 e. The molecule has 0 spiro atoms. The summed E-state index contributed by atoms with van der Waals surface area (Å²) in [5.41, 5.74) is 0.304. The zero-order valence-electron chi connectivity index (χ0n) is 13.6. The topological polar surface area (TPSA) is 63.7 Å². The molecule has 5 nitrogen and oxygen atoms in total. The molecule has 0 amide bonds. The van der Waals surface area contributed by atoms with E-state index in [0.717, 1.165) is 12.8 Å². The van der Waals surface area contributed by atoms with Gasteiger partial charge in [-0.3, -0.25) is 0 Å². The zero-order valence-corrected chi connectivity index (χ0v) is 14.4. The molecule has 0 saturated carbocycles. The van der Waals surface area contributed by atoms with Crippen LogP contribution in [0.15, 0.2) is 29.2 Å². The molecule has 0 N–H and O–H groups in total. The van der Waals surface area contributed by atoms with Gasteiger partial charge < -0.3 is 4.74 Å². The van der Waals surface area contributed by atoms with E-state index >= 15 is 0 Å². The number of carbonyl (C=O) groups is 1. The van der Waals surface area contributed by atoms with Gasteiger partial charge in [0.15, 0.2) is 0 Å². The van der Waals surface area contributed by atoms with Gasteiger partial charge in [-0.2, -0.15) is 4.31 Å². The number of ether oxygens (including phenoxy) is 1. The molecule has 0 fully saturated rings. The molecule has 6 heteroatoms. The van der Waals surface area contributed by atoms with Crippen LogP contribution in [0, 0.1) is 12.3 Å². The monoisotopic (exact) mass is 337 g/mol. The predicted molar refractivity (Wildman–Crippen MR) is 89.5 cm³/mol. The number of rotatable bonds is 9. The highest BCUT2D eigenvalue weighted by Gasteiger charge is 2.23. The first kappa shape index (κ1) is 19.2. The molecular weight excluding hydrogens is 314 g/mol. The zero-order chi connectivity index (χ0) is 17.3. The van der Waals surface area contributed by atoms with Crippen LogP contribution in [0.1, 0.15) is 43.5 Å². The highest BCUT2D eigenvalue weighted by Crippen LogP contribution is 2.17. The third kappa shape index (κ3) is 5.38. The third-order valence-corrected chi connectivity index (χ3v) is 5.07. The predicted octanol–water partition coefficient (Wildman–Crippen LogP) is 2.68. The molecular formula is C17H23NO4S. The summed E-state index contributed by atoms with van der Waals surface area (Å²) in [6.07, 6.45) is 6.93. The molecule has 1 rings (SSSR count). The van der Waals surface area contributed by atoms with Crippen LogP contribution >= 0.6 is 0 Å². The lowest BCUT2D eigenvalue weighted by atomic mass is 10.2. The van der Waals surface area contributed by atoms with E-state index in [1.54, 1.807) is 0 Å². The van der Waals surface area contributed by atoms with Gasteiger partial charge in [-0.05, 0) is 37.1 Å². The molecule has 0 radical (unpaired) electrons. The van der Waals surface area contributed by atoms with Crippen LogP contribution in [0.5, 0.6) is 0 Å². The van der Waals surface area contributed by atoms with Crippen molar-refractivity contribution in [3.63, 3.8) is 0 Å². The smallest absolute Gasteiger partial charge is 0.338 e. The summed E-state index contributed by atoms with van der Waals surface area (Å²) in [5, 5.41) is 0. The number of hydrogen-bond acceptors (Lipinski definition) is 4. The maximum Gasteiger partial charge on any atom is 0.338 e. The molecule has 0 saturated heterocycles. The molecule has 0 aliphatic carbocycles. The summed E-state index contributed by atoms with van der Waals surface area (Å²) >= 11 is 0. The molecule has 0 aliphatic heterocycles. The standard InChI is InChI=1S/C17H23NO4S/c1-4-7-14-22-17(19)15-8-10-16(11-9-15)23(20,21)18(12-5-2)13-6-3/h1,8-11H,5-7,12-14H2,2-3H3. The van der Waals surface area contributed by atoms with E-state index in [4.69, 9.17) is 11.2 Å². The second kappa shape index (κ2) is 9.33. The van der Waals surface area contributed by atoms with Gasteiger partial charge in [0.2, 0.25) is 10.0 Å². The maximum absolute atomic E-state index is 12.6. The summed E-state index contributed by atoms with van der Waals surface area (Å²) < 4.78 is 31.6. The Morgan fingerprint density at radius 2 is 1.74 bits per heavy atom. The van der Waals surface area contributed by atoms with Crippen LogP contribution < -0.4 is 0 Å². The Labute approximate surface area is 138 Å². The van der Waals surface area contributed by atoms with Crippen LogP contribution in [-0.4, -0.2) is 38.4 Å². The van der Waals surface area contributed by atoms with E-state index in [0.29, 0.717) is 25.1 Å². The lowest BCUT2D eigenvalue weighted by Crippen LogP contribution is -2.32. The highest BCUT2D eigenvalue weighted by molar-refractivity contribution is 7.89. The normalized spacial score (nSPS) is 11.2. The Bertz CT molecular complexity index is 638. The number of esters is 1. The number of carbonyl (C=O) groups excluding carboxylic acids is 1. The van der Waals surface area contributed by atoms with E-state index < -0.39 is 16.0 Å². The second-order valence-electron chi connectivity index (χ2n) is 5.02. The second-order valence-corrected chi connectivity index (χ2v) is 6.96. The minimum atomic E-state index is -3.53. The molecule has 0 aromatic heterocycles. The molecule has 126 valence electrons. The van der Waals surface area contributed by atoms with Gasteiger partial charge in [-0.15, -0.1) is 12.3 Å². The number of benzene rings is 1. The van der Waals surface area contributed by atoms with Crippen molar-refractivity contribution in [2.45, 2.75) is 38.0 Å². The Hall–Kier alpha value is -1.84. The van der Waals surface area contributed by atoms with Crippen LogP contribution in [-0.2, 0) is 14.8 Å². The first-order valence-corrected chi connectivity index (χ1v) is 9.12. The number of nitrogens with zero attached hydrogens (tertiary/aromatic N) is 1. The summed E-state index contributed by atoms with van der Waals surface area (Å²) in [7, 11) is -3.53. The fourth-order valence-electron chi connectivity index (χ4n) is 2.05. The molecule has 1 aromatic carbocycles. The van der Waals surface area contributed by atoms with Crippen molar-refractivity contribution in [2.75, 3.05) is 19.7 Å². The average molecular weight is 337 g/mol. The summed E-state index contributed by atoms with van der Waals surface area (Å²) in [5.74, 6) is 1.87. The Kier molecular flexibility index (Phi) is 7.79. The first-order chi connectivity index (χ1) is 11.0. The molecule has 0 bridgehead atoms. The number of sulfonamides is 1. The highest BCUT2D eigenvalue weighted by atomic mass is 32.2. The van der Waals surface area contributed by atoms with E-state index in [1.807, 2.05) is 13.8 Å². The van der Waals surface area contributed by atoms with Gasteiger partial charge in [-0.1, -0.05) is 13.8 Å². The Morgan fingerprint density at radius 3 is 2.22 bits per heavy atom. The molecule has 0 heterocycles. The van der Waals surface area contributed by atoms with Gasteiger partial charge in [0, 0.05) is 19.5 Å². The summed E-state index contributed by atoms with van der Waals surface area (Å²) in [6.45, 7) is 4.98. The number of hydrogen-bond donors (Lipinski definition) is 0. The van der Waals surface area contributed by atoms with Crippen LogP contribution in [0.3, 0.4) is 0 Å².